The van der Waals surface area contributed by atoms with E-state index in [2.05, 4.69) is 55.4 Å². The standard InChI is InChI=1S/C27H36N6O7Si/c1-26(2,3)41(4,5)40-27(14-33(15-27)25(35)36)16-38-32-23(34)20-21(29)30-22(18-8-6-7-17(11-18)12-28)31-24(20)39-19-9-10-37-13-19/h6-8,11,19H,9-10,13-16H2,1-5H3,(H,32,34)(H,35,36)(H2,29,30,31)/t19-/m0/s1. The number of benzene rings is 1. The normalized spacial score (nSPS) is 18.3. The van der Waals surface area contributed by atoms with Gasteiger partial charge in [0.05, 0.1) is 37.9 Å². The summed E-state index contributed by atoms with van der Waals surface area (Å²) in [5, 5.41) is 18.6. The maximum Gasteiger partial charge on any atom is 0.407 e. The molecule has 2 aliphatic rings. The van der Waals surface area contributed by atoms with Crippen molar-refractivity contribution in [2.75, 3.05) is 38.6 Å². The Labute approximate surface area is 239 Å². The molecule has 0 aliphatic carbocycles. The van der Waals surface area contributed by atoms with Gasteiger partial charge in [0.2, 0.25) is 5.88 Å². The zero-order valence-corrected chi connectivity index (χ0v) is 24.9. The summed E-state index contributed by atoms with van der Waals surface area (Å²) in [7, 11) is -2.30. The molecular weight excluding hydrogens is 548 g/mol. The first-order valence-electron chi connectivity index (χ1n) is 13.3. The molecule has 2 amide bonds. The number of likely N-dealkylation sites (tertiary alicyclic amines) is 1. The monoisotopic (exact) mass is 584 g/mol. The zero-order chi connectivity index (χ0) is 30.0. The van der Waals surface area contributed by atoms with Crippen molar-refractivity contribution in [2.45, 2.75) is 57.0 Å². The van der Waals surface area contributed by atoms with Gasteiger partial charge >= 0.3 is 6.09 Å². The van der Waals surface area contributed by atoms with E-state index in [1.807, 2.05) is 0 Å². The van der Waals surface area contributed by atoms with E-state index < -0.39 is 25.9 Å². The molecule has 0 unspecified atom stereocenters. The van der Waals surface area contributed by atoms with Gasteiger partial charge in [0.15, 0.2) is 14.1 Å². The summed E-state index contributed by atoms with van der Waals surface area (Å²) >= 11 is 0. The number of nitriles is 1. The van der Waals surface area contributed by atoms with Gasteiger partial charge in [-0.15, -0.1) is 0 Å². The Morgan fingerprint density at radius 2 is 2.05 bits per heavy atom. The molecule has 0 bridgehead atoms. The number of anilines is 1. The molecule has 0 radical (unpaired) electrons. The molecule has 4 rings (SSSR count). The Morgan fingerprint density at radius 3 is 2.66 bits per heavy atom. The number of carbonyl (C=O) groups is 2. The number of hydroxylamine groups is 1. The lowest BCUT2D eigenvalue weighted by Crippen LogP contribution is -2.70. The predicted octanol–water partition coefficient (Wildman–Crippen LogP) is 3.18. The van der Waals surface area contributed by atoms with Crippen LogP contribution in [0.3, 0.4) is 0 Å². The third kappa shape index (κ3) is 6.76. The number of carboxylic acid groups (broad SMARTS) is 1. The van der Waals surface area contributed by atoms with Crippen molar-refractivity contribution < 1.29 is 33.4 Å². The number of nitrogens with two attached hydrogens (primary N) is 1. The summed E-state index contributed by atoms with van der Waals surface area (Å²) in [6, 6.07) is 8.75. The van der Waals surface area contributed by atoms with Crippen molar-refractivity contribution in [3.05, 3.63) is 35.4 Å². The highest BCUT2D eigenvalue weighted by Gasteiger charge is 2.53. The highest BCUT2D eigenvalue weighted by Crippen LogP contribution is 2.41. The minimum Gasteiger partial charge on any atom is -0.471 e. The van der Waals surface area contributed by atoms with Gasteiger partial charge in [0.1, 0.15) is 29.7 Å². The first-order chi connectivity index (χ1) is 19.2. The van der Waals surface area contributed by atoms with Crippen LogP contribution in [0.5, 0.6) is 5.88 Å². The lowest BCUT2D eigenvalue weighted by Gasteiger charge is -2.53. The molecule has 1 aromatic carbocycles. The van der Waals surface area contributed by atoms with E-state index in [0.717, 1.165) is 0 Å². The molecule has 0 saturated carbocycles. The van der Waals surface area contributed by atoms with Crippen LogP contribution in [0.2, 0.25) is 18.1 Å². The van der Waals surface area contributed by atoms with E-state index in [1.165, 1.54) is 4.90 Å². The van der Waals surface area contributed by atoms with Gasteiger partial charge in [-0.25, -0.2) is 15.3 Å². The van der Waals surface area contributed by atoms with Crippen molar-refractivity contribution in [1.29, 1.82) is 5.26 Å². The third-order valence-electron chi connectivity index (χ3n) is 7.55. The van der Waals surface area contributed by atoms with Crippen LogP contribution in [0.4, 0.5) is 10.6 Å². The number of carbonyl (C=O) groups excluding carboxylic acids is 1. The van der Waals surface area contributed by atoms with Crippen LogP contribution in [0.1, 0.15) is 43.1 Å². The minimum absolute atomic E-state index is 0.0422. The van der Waals surface area contributed by atoms with E-state index in [1.54, 1.807) is 24.3 Å². The predicted molar refractivity (Wildman–Crippen MR) is 150 cm³/mol. The van der Waals surface area contributed by atoms with Crippen LogP contribution in [-0.2, 0) is 14.0 Å². The lowest BCUT2D eigenvalue weighted by atomic mass is 9.96. The third-order valence-corrected chi connectivity index (χ3v) is 12.1. The fourth-order valence-corrected chi connectivity index (χ4v) is 5.90. The van der Waals surface area contributed by atoms with Crippen molar-refractivity contribution >= 4 is 26.1 Å². The van der Waals surface area contributed by atoms with Crippen molar-refractivity contribution in [1.82, 2.24) is 20.3 Å². The molecule has 41 heavy (non-hydrogen) atoms. The number of hydrogen-bond donors (Lipinski definition) is 3. The smallest absolute Gasteiger partial charge is 0.407 e. The number of nitrogen functional groups attached to an aromatic ring is 1. The van der Waals surface area contributed by atoms with Crippen molar-refractivity contribution in [2.24, 2.45) is 0 Å². The van der Waals surface area contributed by atoms with Gasteiger partial charge in [-0.05, 0) is 30.3 Å². The second kappa shape index (κ2) is 11.6. The molecule has 3 heterocycles. The molecule has 14 heteroatoms. The molecule has 2 aliphatic heterocycles. The molecule has 220 valence electrons. The Morgan fingerprint density at radius 1 is 1.32 bits per heavy atom. The first-order valence-corrected chi connectivity index (χ1v) is 16.2. The SMILES string of the molecule is CC(C)(C)[Si](C)(C)OC1(CONC(=O)c2c(N)nc(-c3cccc(C#N)c3)nc2O[C@H]2CCOC2)CN(C(=O)O)C1. The molecule has 1 aromatic heterocycles. The van der Waals surface area contributed by atoms with E-state index in [4.69, 9.17) is 24.5 Å². The fraction of sp³-hybridized carbons (Fsp3) is 0.519. The Hall–Kier alpha value is -3.77. The highest BCUT2D eigenvalue weighted by molar-refractivity contribution is 6.74. The number of ether oxygens (including phenoxy) is 2. The zero-order valence-electron chi connectivity index (χ0n) is 23.9. The second-order valence-corrected chi connectivity index (χ2v) is 16.5. The second-order valence-electron chi connectivity index (χ2n) is 11.8. The average Bonchev–Trinajstić information content (AvgIpc) is 3.38. The van der Waals surface area contributed by atoms with Gasteiger partial charge in [-0.1, -0.05) is 32.9 Å². The van der Waals surface area contributed by atoms with Gasteiger partial charge in [-0.2, -0.15) is 10.2 Å². The van der Waals surface area contributed by atoms with E-state index in [-0.39, 0.29) is 53.9 Å². The molecule has 0 spiro atoms. The van der Waals surface area contributed by atoms with Gasteiger partial charge in [0, 0.05) is 12.0 Å². The van der Waals surface area contributed by atoms with Crippen molar-refractivity contribution in [3.63, 3.8) is 0 Å². The van der Waals surface area contributed by atoms with Crippen molar-refractivity contribution in [3.8, 4) is 23.3 Å². The molecule has 4 N–H and O–H groups in total. The Bertz CT molecular complexity index is 1340. The fourth-order valence-electron chi connectivity index (χ4n) is 4.32. The molecular formula is C27H36N6O7Si. The maximum absolute atomic E-state index is 13.3. The minimum atomic E-state index is -2.30. The van der Waals surface area contributed by atoms with Crippen LogP contribution in [-0.4, -0.2) is 84.9 Å². The summed E-state index contributed by atoms with van der Waals surface area (Å²) in [5.41, 5.74) is 8.56. The number of rotatable bonds is 9. The number of nitrogens with one attached hydrogen (secondary N) is 1. The van der Waals surface area contributed by atoms with Crippen LogP contribution in [0.25, 0.3) is 11.4 Å². The summed E-state index contributed by atoms with van der Waals surface area (Å²) in [5.74, 6) is -0.721. The number of nitrogens with zero attached hydrogens (tertiary/aromatic N) is 4. The van der Waals surface area contributed by atoms with E-state index >= 15 is 0 Å². The van der Waals surface area contributed by atoms with Gasteiger partial charge in [0.25, 0.3) is 5.91 Å². The summed E-state index contributed by atoms with van der Waals surface area (Å²) < 4.78 is 18.0. The van der Waals surface area contributed by atoms with E-state index in [0.29, 0.717) is 30.8 Å². The molecule has 2 fully saturated rings. The number of hydrogen-bond acceptors (Lipinski definition) is 10. The molecule has 2 aromatic rings. The van der Waals surface area contributed by atoms with Crippen LogP contribution < -0.4 is 16.0 Å². The maximum atomic E-state index is 13.3. The van der Waals surface area contributed by atoms with Crippen LogP contribution in [0, 0.1) is 11.3 Å². The summed E-state index contributed by atoms with van der Waals surface area (Å²) in [6.07, 6.45) is -0.784. The van der Waals surface area contributed by atoms with Gasteiger partial charge < -0.3 is 29.6 Å². The lowest BCUT2D eigenvalue weighted by molar-refractivity contribution is -0.131. The Balaban J connectivity index is 1.55. The van der Waals surface area contributed by atoms with E-state index in [9.17, 15) is 20.0 Å². The number of aromatic nitrogens is 2. The quantitative estimate of drug-likeness (QED) is 0.291. The number of amides is 2. The van der Waals surface area contributed by atoms with Crippen LogP contribution >= 0.6 is 0 Å². The topological polar surface area (TPSA) is 182 Å². The summed E-state index contributed by atoms with van der Waals surface area (Å²) in [6.45, 7) is 11.4. The highest BCUT2D eigenvalue weighted by atomic mass is 28.4. The molecule has 2 saturated heterocycles. The average molecular weight is 585 g/mol. The largest absolute Gasteiger partial charge is 0.471 e. The molecule has 13 nitrogen and oxygen atoms in total. The Kier molecular flexibility index (Phi) is 8.55. The first kappa shape index (κ1) is 30.2. The van der Waals surface area contributed by atoms with Gasteiger partial charge in [-0.3, -0.25) is 9.63 Å². The summed E-state index contributed by atoms with van der Waals surface area (Å²) in [4.78, 5) is 40.4. The molecule has 1 atom stereocenters. The van der Waals surface area contributed by atoms with Crippen LogP contribution in [0.15, 0.2) is 24.3 Å².